The number of aromatic hydroxyl groups is 1. The Morgan fingerprint density at radius 2 is 1.87 bits per heavy atom. The molecule has 2 aromatic rings. The van der Waals surface area contributed by atoms with Crippen LogP contribution in [0.25, 0.3) is 0 Å². The summed E-state index contributed by atoms with van der Waals surface area (Å²) in [5.74, 6) is -0.515. The molecule has 2 fully saturated rings. The van der Waals surface area contributed by atoms with Crippen molar-refractivity contribution in [1.29, 1.82) is 0 Å². The molecule has 2 N–H and O–H groups in total. The molecular weight excluding hydrogens is 380 g/mol. The average molecular weight is 408 g/mol. The predicted molar refractivity (Wildman–Crippen MR) is 111 cm³/mol. The van der Waals surface area contributed by atoms with Gasteiger partial charge in [-0.3, -0.25) is 4.89 Å². The molecule has 0 heterocycles. The van der Waals surface area contributed by atoms with Crippen LogP contribution in [0.3, 0.4) is 0 Å². The number of fused-ring (bicyclic) bond motifs is 5. The van der Waals surface area contributed by atoms with E-state index in [-0.39, 0.29) is 0 Å². The summed E-state index contributed by atoms with van der Waals surface area (Å²) in [6, 6.07) is 14.4. The van der Waals surface area contributed by atoms with Gasteiger partial charge < -0.3 is 10.2 Å². The number of carbonyl (C=O) groups is 1. The summed E-state index contributed by atoms with van der Waals surface area (Å²) in [6.45, 7) is 2.09. The maximum atomic E-state index is 12.3. The first kappa shape index (κ1) is 19.6. The van der Waals surface area contributed by atoms with Crippen molar-refractivity contribution < 1.29 is 24.8 Å². The lowest BCUT2D eigenvalue weighted by Crippen LogP contribution is -2.52. The summed E-state index contributed by atoms with van der Waals surface area (Å²) in [5.41, 5.74) is 2.54. The van der Waals surface area contributed by atoms with Crippen molar-refractivity contribution in [2.75, 3.05) is 0 Å². The highest BCUT2D eigenvalue weighted by atomic mass is 17.2. The first-order valence-electron chi connectivity index (χ1n) is 10.9. The molecule has 5 atom stereocenters. The van der Waals surface area contributed by atoms with E-state index in [9.17, 15) is 15.0 Å². The number of aliphatic hydroxyl groups is 1. The lowest BCUT2D eigenvalue weighted by molar-refractivity contribution is -0.416. The van der Waals surface area contributed by atoms with Crippen molar-refractivity contribution in [3.63, 3.8) is 0 Å². The molecule has 0 radical (unpaired) electrons. The van der Waals surface area contributed by atoms with E-state index in [1.54, 1.807) is 30.3 Å². The third-order valence-electron chi connectivity index (χ3n) is 8.05. The van der Waals surface area contributed by atoms with E-state index in [2.05, 4.69) is 13.0 Å². The molecule has 5 nitrogen and oxygen atoms in total. The van der Waals surface area contributed by atoms with Crippen LogP contribution in [0.1, 0.15) is 66.4 Å². The van der Waals surface area contributed by atoms with Crippen LogP contribution in [0.4, 0.5) is 0 Å². The zero-order valence-electron chi connectivity index (χ0n) is 17.2. The largest absolute Gasteiger partial charge is 0.508 e. The second-order valence-corrected chi connectivity index (χ2v) is 9.40. The Morgan fingerprint density at radius 1 is 1.07 bits per heavy atom. The summed E-state index contributed by atoms with van der Waals surface area (Å²) in [5, 5.41) is 21.3. The van der Waals surface area contributed by atoms with Gasteiger partial charge in [-0.2, -0.15) is 0 Å². The predicted octanol–water partition coefficient (Wildman–Crippen LogP) is 4.73. The minimum Gasteiger partial charge on any atom is -0.508 e. The van der Waals surface area contributed by atoms with Gasteiger partial charge in [0.15, 0.2) is 0 Å². The Bertz CT molecular complexity index is 957. The van der Waals surface area contributed by atoms with Gasteiger partial charge in [0.1, 0.15) is 5.75 Å². The van der Waals surface area contributed by atoms with Crippen molar-refractivity contribution in [3.8, 4) is 5.75 Å². The molecule has 3 aliphatic rings. The smallest absolute Gasteiger partial charge is 0.373 e. The first-order valence-corrected chi connectivity index (χ1v) is 10.9. The Morgan fingerprint density at radius 3 is 2.67 bits per heavy atom. The Kier molecular flexibility index (Phi) is 4.64. The quantitative estimate of drug-likeness (QED) is 0.436. The van der Waals surface area contributed by atoms with Gasteiger partial charge in [-0.05, 0) is 85.3 Å². The maximum absolute atomic E-state index is 12.3. The molecule has 0 spiro atoms. The molecule has 2 saturated carbocycles. The van der Waals surface area contributed by atoms with E-state index in [1.165, 1.54) is 11.1 Å². The molecule has 0 bridgehead atoms. The Labute approximate surface area is 176 Å². The van der Waals surface area contributed by atoms with E-state index in [0.29, 0.717) is 35.5 Å². The molecule has 5 heteroatoms. The van der Waals surface area contributed by atoms with E-state index >= 15 is 0 Å². The number of hydrogen-bond donors (Lipinski definition) is 2. The van der Waals surface area contributed by atoms with Crippen molar-refractivity contribution in [2.45, 2.75) is 57.2 Å². The van der Waals surface area contributed by atoms with Crippen LogP contribution in [0.15, 0.2) is 48.5 Å². The van der Waals surface area contributed by atoms with E-state index in [4.69, 9.17) is 9.78 Å². The van der Waals surface area contributed by atoms with Crippen LogP contribution in [0.2, 0.25) is 0 Å². The molecule has 3 aliphatic carbocycles. The lowest BCUT2D eigenvalue weighted by atomic mass is 9.55. The van der Waals surface area contributed by atoms with Crippen LogP contribution in [0, 0.1) is 17.3 Å². The Balaban J connectivity index is 1.35. The standard InChI is InChI=1S/C25H28O5/c1-24-13-11-20-19-10-8-18(26)15-17(19)7-9-21(20)22(24)12-14-25(24,28)30-29-23(27)16-5-3-2-4-6-16/h2-6,8,10,15,20-22,26,28H,7,9,11-14H2,1H3/t20-,21-,22+,24+,25-/m1/s1. The highest BCUT2D eigenvalue weighted by molar-refractivity contribution is 5.88. The lowest BCUT2D eigenvalue weighted by Gasteiger charge is -2.52. The zero-order chi connectivity index (χ0) is 20.9. The SMILES string of the molecule is C[C@]12CC[C@@H]3c4ccc(O)cc4CC[C@H]3[C@@H]1CC[C@@]2(O)OOC(=O)c1ccccc1. The fraction of sp³-hybridized carbons (Fsp3) is 0.480. The third-order valence-corrected chi connectivity index (χ3v) is 8.05. The number of hydrogen-bond acceptors (Lipinski definition) is 5. The van der Waals surface area contributed by atoms with Crippen molar-refractivity contribution in [2.24, 2.45) is 17.3 Å². The topological polar surface area (TPSA) is 76.0 Å². The van der Waals surface area contributed by atoms with Gasteiger partial charge >= 0.3 is 5.97 Å². The maximum Gasteiger partial charge on any atom is 0.373 e. The number of aryl methyl sites for hydroxylation is 1. The van der Waals surface area contributed by atoms with Crippen LogP contribution < -0.4 is 0 Å². The Hall–Kier alpha value is -2.37. The summed E-state index contributed by atoms with van der Waals surface area (Å²) >= 11 is 0. The van der Waals surface area contributed by atoms with Gasteiger partial charge in [-0.1, -0.05) is 31.2 Å². The normalized spacial score (nSPS) is 34.5. The van der Waals surface area contributed by atoms with Gasteiger partial charge in [-0.25, -0.2) is 4.79 Å². The number of phenols is 1. The molecule has 0 saturated heterocycles. The number of benzene rings is 2. The summed E-state index contributed by atoms with van der Waals surface area (Å²) in [4.78, 5) is 23.0. The highest BCUT2D eigenvalue weighted by Gasteiger charge is 2.64. The highest BCUT2D eigenvalue weighted by Crippen LogP contribution is 2.64. The molecule has 5 rings (SSSR count). The summed E-state index contributed by atoms with van der Waals surface area (Å²) in [7, 11) is 0. The monoisotopic (exact) mass is 408 g/mol. The fourth-order valence-electron chi connectivity index (χ4n) is 6.41. The second kappa shape index (κ2) is 7.10. The molecule has 0 amide bonds. The van der Waals surface area contributed by atoms with Crippen molar-refractivity contribution in [1.82, 2.24) is 0 Å². The fourth-order valence-corrected chi connectivity index (χ4v) is 6.41. The van der Waals surface area contributed by atoms with Gasteiger partial charge in [0.25, 0.3) is 0 Å². The van der Waals surface area contributed by atoms with Gasteiger partial charge in [0.2, 0.25) is 5.79 Å². The minimum atomic E-state index is -1.47. The third kappa shape index (κ3) is 2.95. The molecule has 30 heavy (non-hydrogen) atoms. The summed E-state index contributed by atoms with van der Waals surface area (Å²) in [6.07, 6.45) is 5.06. The molecule has 0 unspecified atom stereocenters. The van der Waals surface area contributed by atoms with Gasteiger partial charge in [-0.15, -0.1) is 4.89 Å². The van der Waals surface area contributed by atoms with E-state index in [1.807, 2.05) is 12.1 Å². The second-order valence-electron chi connectivity index (χ2n) is 9.40. The van der Waals surface area contributed by atoms with Crippen LogP contribution in [-0.4, -0.2) is 22.0 Å². The molecule has 0 aliphatic heterocycles. The summed E-state index contributed by atoms with van der Waals surface area (Å²) < 4.78 is 0. The van der Waals surface area contributed by atoms with Crippen molar-refractivity contribution >= 4 is 5.97 Å². The molecule has 2 aromatic carbocycles. The number of phenolic OH excluding ortho intramolecular Hbond substituents is 1. The zero-order valence-corrected chi connectivity index (χ0v) is 17.2. The van der Waals surface area contributed by atoms with Crippen LogP contribution in [-0.2, 0) is 16.2 Å². The van der Waals surface area contributed by atoms with Gasteiger partial charge in [0, 0.05) is 11.8 Å². The van der Waals surface area contributed by atoms with Gasteiger partial charge in [0.05, 0.1) is 5.56 Å². The van der Waals surface area contributed by atoms with E-state index < -0.39 is 17.2 Å². The van der Waals surface area contributed by atoms with Crippen molar-refractivity contribution in [3.05, 3.63) is 65.2 Å². The van der Waals surface area contributed by atoms with Crippen LogP contribution >= 0.6 is 0 Å². The van der Waals surface area contributed by atoms with E-state index in [0.717, 1.165) is 32.1 Å². The minimum absolute atomic E-state index is 0.304. The first-order chi connectivity index (χ1) is 14.4. The molecule has 0 aromatic heterocycles. The molecular formula is C25H28O5. The molecule has 158 valence electrons. The van der Waals surface area contributed by atoms with Crippen LogP contribution in [0.5, 0.6) is 5.75 Å². The number of carbonyl (C=O) groups excluding carboxylic acids is 1. The number of rotatable bonds is 3. The average Bonchev–Trinajstić information content (AvgIpc) is 3.03.